The smallest absolute Gasteiger partial charge is 0.0930 e. The van der Waals surface area contributed by atoms with Crippen LogP contribution in [0.3, 0.4) is 0 Å². The molecule has 1 radical (unpaired) electrons. The molecule has 0 saturated carbocycles. The Kier molecular flexibility index (Phi) is 2.25. The molecule has 0 spiro atoms. The molecule has 0 aliphatic heterocycles. The predicted molar refractivity (Wildman–Crippen MR) is 75.9 cm³/mol. The minimum Gasteiger partial charge on any atom is -0.254 e. The van der Waals surface area contributed by atoms with E-state index in [9.17, 15) is 0 Å². The number of nitrogens with zero attached hydrogens (tertiary/aromatic N) is 1. The van der Waals surface area contributed by atoms with Crippen molar-refractivity contribution in [1.82, 2.24) is 4.98 Å². The van der Waals surface area contributed by atoms with Crippen LogP contribution in [-0.2, 0) is 0 Å². The minimum atomic E-state index is 0.265. The van der Waals surface area contributed by atoms with Gasteiger partial charge in [0.05, 0.1) is 6.20 Å². The number of aromatic nitrogens is 1. The topological polar surface area (TPSA) is 12.9 Å². The van der Waals surface area contributed by atoms with Gasteiger partial charge in [-0.3, -0.25) is 4.98 Å². The third kappa shape index (κ3) is 1.52. The fourth-order valence-corrected chi connectivity index (χ4v) is 2.99. The second-order valence-electron chi connectivity index (χ2n) is 4.81. The van der Waals surface area contributed by atoms with Gasteiger partial charge in [0.25, 0.3) is 0 Å². The molecule has 0 amide bonds. The van der Waals surface area contributed by atoms with E-state index in [0.29, 0.717) is 0 Å². The van der Waals surface area contributed by atoms with Crippen LogP contribution < -0.4 is 0 Å². The molecule has 0 saturated heterocycles. The maximum atomic E-state index is 4.15. The fraction of sp³-hybridized carbons (Fsp3) is 0.0556. The zero-order chi connectivity index (χ0) is 12.7. The molecular weight excluding hydrogens is 230 g/mol. The molecule has 89 valence electrons. The Hall–Kier alpha value is -2.41. The monoisotopic (exact) mass is 242 g/mol. The van der Waals surface area contributed by atoms with E-state index in [0.717, 1.165) is 5.56 Å². The second-order valence-corrected chi connectivity index (χ2v) is 4.81. The summed E-state index contributed by atoms with van der Waals surface area (Å²) in [6.07, 6.45) is 4.92. The van der Waals surface area contributed by atoms with Crippen LogP contribution in [0.15, 0.2) is 66.9 Å². The fourth-order valence-electron chi connectivity index (χ4n) is 2.99. The molecule has 1 nitrogen and oxygen atoms in total. The van der Waals surface area contributed by atoms with Gasteiger partial charge in [0.2, 0.25) is 0 Å². The number of rotatable bonds is 1. The summed E-state index contributed by atoms with van der Waals surface area (Å²) in [5, 5.41) is 0. The van der Waals surface area contributed by atoms with Crippen molar-refractivity contribution in [2.24, 2.45) is 0 Å². The molecule has 1 heteroatoms. The van der Waals surface area contributed by atoms with Crippen molar-refractivity contribution >= 4 is 0 Å². The van der Waals surface area contributed by atoms with Crippen molar-refractivity contribution in [3.05, 3.63) is 89.7 Å². The van der Waals surface area contributed by atoms with Gasteiger partial charge in [-0.05, 0) is 33.9 Å². The first-order valence-electron chi connectivity index (χ1n) is 6.46. The van der Waals surface area contributed by atoms with Gasteiger partial charge in [0, 0.05) is 12.1 Å². The van der Waals surface area contributed by atoms with Crippen LogP contribution >= 0.6 is 0 Å². The number of hydrogen-bond donors (Lipinski definition) is 0. The lowest BCUT2D eigenvalue weighted by atomic mass is 9.90. The van der Waals surface area contributed by atoms with Gasteiger partial charge in [0.15, 0.2) is 0 Å². The molecule has 1 heterocycles. The third-order valence-corrected chi connectivity index (χ3v) is 3.77. The highest BCUT2D eigenvalue weighted by Crippen LogP contribution is 2.47. The highest BCUT2D eigenvalue weighted by atomic mass is 14.6. The molecule has 1 aromatic heterocycles. The first-order chi connectivity index (χ1) is 9.45. The van der Waals surface area contributed by atoms with Crippen LogP contribution in [0.1, 0.15) is 22.6 Å². The Morgan fingerprint density at radius 3 is 1.95 bits per heavy atom. The molecule has 3 aromatic rings. The van der Waals surface area contributed by atoms with Gasteiger partial charge < -0.3 is 0 Å². The van der Waals surface area contributed by atoms with Gasteiger partial charge in [-0.2, -0.15) is 0 Å². The van der Waals surface area contributed by atoms with E-state index in [-0.39, 0.29) is 5.92 Å². The van der Waals surface area contributed by atoms with Crippen LogP contribution in [0.5, 0.6) is 0 Å². The highest BCUT2D eigenvalue weighted by molar-refractivity contribution is 5.80. The Morgan fingerprint density at radius 2 is 1.37 bits per heavy atom. The summed E-state index contributed by atoms with van der Waals surface area (Å²) in [7, 11) is 0. The molecule has 1 aliphatic rings. The van der Waals surface area contributed by atoms with Crippen molar-refractivity contribution in [3.8, 4) is 11.1 Å². The van der Waals surface area contributed by atoms with Crippen LogP contribution in [0.4, 0.5) is 0 Å². The van der Waals surface area contributed by atoms with E-state index < -0.39 is 0 Å². The number of pyridine rings is 1. The summed E-state index contributed by atoms with van der Waals surface area (Å²) >= 11 is 0. The van der Waals surface area contributed by atoms with Crippen molar-refractivity contribution in [1.29, 1.82) is 0 Å². The molecule has 0 unspecified atom stereocenters. The first kappa shape index (κ1) is 10.5. The maximum Gasteiger partial charge on any atom is 0.0930 e. The van der Waals surface area contributed by atoms with E-state index in [2.05, 4.69) is 65.8 Å². The van der Waals surface area contributed by atoms with Crippen LogP contribution in [0, 0.1) is 6.20 Å². The summed E-state index contributed by atoms with van der Waals surface area (Å²) in [5.41, 5.74) is 6.52. The quantitative estimate of drug-likeness (QED) is 0.491. The van der Waals surface area contributed by atoms with E-state index in [4.69, 9.17) is 0 Å². The van der Waals surface area contributed by atoms with Crippen molar-refractivity contribution < 1.29 is 0 Å². The average molecular weight is 242 g/mol. The highest BCUT2D eigenvalue weighted by Gasteiger charge is 2.29. The summed E-state index contributed by atoms with van der Waals surface area (Å²) < 4.78 is 0. The Morgan fingerprint density at radius 1 is 0.737 bits per heavy atom. The SMILES string of the molecule is [c]1ncccc1C1c2ccccc2-c2ccccc21. The largest absolute Gasteiger partial charge is 0.254 e. The molecule has 0 N–H and O–H groups in total. The van der Waals surface area contributed by atoms with E-state index in [1.165, 1.54) is 22.3 Å². The maximum absolute atomic E-state index is 4.15. The molecule has 4 rings (SSSR count). The molecule has 0 fully saturated rings. The van der Waals surface area contributed by atoms with Gasteiger partial charge in [-0.1, -0.05) is 54.6 Å². The lowest BCUT2D eigenvalue weighted by Gasteiger charge is -2.12. The Balaban J connectivity index is 2.02. The molecular formula is C18H12N. The molecule has 1 aliphatic carbocycles. The zero-order valence-electron chi connectivity index (χ0n) is 10.4. The average Bonchev–Trinajstić information content (AvgIpc) is 2.83. The minimum absolute atomic E-state index is 0.265. The Bertz CT molecular complexity index is 686. The van der Waals surface area contributed by atoms with Crippen molar-refractivity contribution in [3.63, 3.8) is 0 Å². The van der Waals surface area contributed by atoms with Crippen LogP contribution in [0.25, 0.3) is 11.1 Å². The van der Waals surface area contributed by atoms with Gasteiger partial charge in [-0.25, -0.2) is 0 Å². The number of benzene rings is 2. The summed E-state index contributed by atoms with van der Waals surface area (Å²) in [4.78, 5) is 4.15. The van der Waals surface area contributed by atoms with E-state index in [1.807, 2.05) is 6.07 Å². The lowest BCUT2D eigenvalue weighted by Crippen LogP contribution is -1.99. The predicted octanol–water partition coefficient (Wildman–Crippen LogP) is 4.04. The summed E-state index contributed by atoms with van der Waals surface area (Å²) in [6, 6.07) is 21.3. The third-order valence-electron chi connectivity index (χ3n) is 3.77. The summed E-state index contributed by atoms with van der Waals surface area (Å²) in [5.74, 6) is 0.265. The van der Waals surface area contributed by atoms with E-state index >= 15 is 0 Å². The normalized spacial score (nSPS) is 13.1. The number of hydrogen-bond acceptors (Lipinski definition) is 1. The van der Waals surface area contributed by atoms with Crippen molar-refractivity contribution in [2.75, 3.05) is 0 Å². The lowest BCUT2D eigenvalue weighted by molar-refractivity contribution is 0.992. The van der Waals surface area contributed by atoms with Gasteiger partial charge in [0.1, 0.15) is 0 Å². The standard InChI is InChI=1S/C18H12N/c1-3-9-16-14(7-1)15-8-2-4-10-17(15)18(16)13-6-5-11-19-12-13/h1-11,18H. The molecule has 2 aromatic carbocycles. The van der Waals surface area contributed by atoms with Crippen LogP contribution in [0.2, 0.25) is 0 Å². The Labute approximate surface area is 112 Å². The molecule has 0 atom stereocenters. The summed E-state index contributed by atoms with van der Waals surface area (Å²) in [6.45, 7) is 0. The van der Waals surface area contributed by atoms with Crippen LogP contribution in [-0.4, -0.2) is 4.98 Å². The second kappa shape index (κ2) is 4.06. The van der Waals surface area contributed by atoms with E-state index in [1.54, 1.807) is 6.20 Å². The van der Waals surface area contributed by atoms with Crippen molar-refractivity contribution in [2.45, 2.75) is 5.92 Å². The zero-order valence-corrected chi connectivity index (χ0v) is 10.4. The first-order valence-corrected chi connectivity index (χ1v) is 6.46. The number of fused-ring (bicyclic) bond motifs is 3. The molecule has 19 heavy (non-hydrogen) atoms. The van der Waals surface area contributed by atoms with Gasteiger partial charge >= 0.3 is 0 Å². The molecule has 0 bridgehead atoms. The van der Waals surface area contributed by atoms with Gasteiger partial charge in [-0.15, -0.1) is 0 Å².